The quantitative estimate of drug-likeness (QED) is 0.864. The first-order valence-electron chi connectivity index (χ1n) is 7.61. The summed E-state index contributed by atoms with van der Waals surface area (Å²) in [7, 11) is 1.34. The number of fused-ring (bicyclic) bond motifs is 2. The van der Waals surface area contributed by atoms with Crippen molar-refractivity contribution in [3.8, 4) is 5.75 Å². The Bertz CT molecular complexity index is 926. The molecule has 0 radical (unpaired) electrons. The average molecular weight is 321 g/mol. The molecule has 24 heavy (non-hydrogen) atoms. The van der Waals surface area contributed by atoms with Crippen LogP contribution in [0.1, 0.15) is 5.56 Å². The molecule has 120 valence electrons. The molecule has 2 unspecified atom stereocenters. The number of methoxy groups -OCH3 is 1. The van der Waals surface area contributed by atoms with Crippen LogP contribution < -0.4 is 0 Å². The predicted octanol–water partition coefficient (Wildman–Crippen LogP) is 2.73. The number of carbonyl (C=O) groups is 1. The number of aliphatic imine (C=N–C) groups is 1. The Balaban J connectivity index is 1.77. The minimum Gasteiger partial charge on any atom is -0.506 e. The number of rotatable bonds is 2. The zero-order valence-electron chi connectivity index (χ0n) is 13.0. The summed E-state index contributed by atoms with van der Waals surface area (Å²) < 4.78 is 10.7. The summed E-state index contributed by atoms with van der Waals surface area (Å²) in [5.41, 5.74) is 0.959. The highest BCUT2D eigenvalue weighted by atomic mass is 16.5. The molecule has 2 aliphatic rings. The SMILES string of the molecule is COC(=O)C1=CC=CC2OC(c3ccc4ccccc4c3O)=NC12. The van der Waals surface area contributed by atoms with Crippen molar-refractivity contribution in [1.82, 2.24) is 0 Å². The van der Waals surface area contributed by atoms with E-state index >= 15 is 0 Å². The molecule has 1 aliphatic heterocycles. The zero-order chi connectivity index (χ0) is 16.7. The third-order valence-electron chi connectivity index (χ3n) is 4.26. The number of hydrogen-bond donors (Lipinski definition) is 1. The molecule has 2 atom stereocenters. The van der Waals surface area contributed by atoms with Crippen LogP contribution in [-0.2, 0) is 14.3 Å². The number of carbonyl (C=O) groups excluding carboxylic acids is 1. The topological polar surface area (TPSA) is 68.1 Å². The van der Waals surface area contributed by atoms with E-state index in [9.17, 15) is 9.90 Å². The van der Waals surface area contributed by atoms with E-state index in [1.165, 1.54) is 7.11 Å². The molecular formula is C19H15NO4. The first-order chi connectivity index (χ1) is 11.7. The van der Waals surface area contributed by atoms with Crippen LogP contribution in [0, 0.1) is 0 Å². The summed E-state index contributed by atoms with van der Waals surface area (Å²) in [5, 5.41) is 12.2. The van der Waals surface area contributed by atoms with Crippen LogP contribution in [0.2, 0.25) is 0 Å². The highest BCUT2D eigenvalue weighted by Crippen LogP contribution is 2.34. The Hall–Kier alpha value is -3.08. The van der Waals surface area contributed by atoms with Crippen LogP contribution >= 0.6 is 0 Å². The summed E-state index contributed by atoms with van der Waals surface area (Å²) in [4.78, 5) is 16.4. The first-order valence-corrected chi connectivity index (χ1v) is 7.61. The number of hydrogen-bond acceptors (Lipinski definition) is 5. The molecule has 5 nitrogen and oxygen atoms in total. The van der Waals surface area contributed by atoms with Crippen molar-refractivity contribution in [1.29, 1.82) is 0 Å². The maximum absolute atomic E-state index is 11.9. The molecule has 1 heterocycles. The highest BCUT2D eigenvalue weighted by Gasteiger charge is 2.37. The molecule has 4 rings (SSSR count). The predicted molar refractivity (Wildman–Crippen MR) is 90.0 cm³/mol. The number of esters is 1. The summed E-state index contributed by atoms with van der Waals surface area (Å²) in [5.74, 6) is 0.0263. The molecule has 0 spiro atoms. The van der Waals surface area contributed by atoms with Crippen molar-refractivity contribution in [2.75, 3.05) is 7.11 Å². The van der Waals surface area contributed by atoms with Gasteiger partial charge >= 0.3 is 5.97 Å². The molecule has 1 N–H and O–H groups in total. The van der Waals surface area contributed by atoms with Gasteiger partial charge in [-0.15, -0.1) is 0 Å². The number of allylic oxidation sites excluding steroid dienone is 2. The lowest BCUT2D eigenvalue weighted by Crippen LogP contribution is -2.28. The van der Waals surface area contributed by atoms with Gasteiger partial charge in [0.15, 0.2) is 0 Å². The number of benzene rings is 2. The Morgan fingerprint density at radius 3 is 2.92 bits per heavy atom. The third kappa shape index (κ3) is 2.17. The normalized spacial score (nSPS) is 21.7. The van der Waals surface area contributed by atoms with E-state index in [0.29, 0.717) is 17.0 Å². The number of ether oxygens (including phenoxy) is 2. The maximum Gasteiger partial charge on any atom is 0.336 e. The van der Waals surface area contributed by atoms with Crippen molar-refractivity contribution in [2.45, 2.75) is 12.1 Å². The third-order valence-corrected chi connectivity index (χ3v) is 4.26. The van der Waals surface area contributed by atoms with Gasteiger partial charge in [-0.3, -0.25) is 0 Å². The van der Waals surface area contributed by atoms with E-state index < -0.39 is 12.0 Å². The number of nitrogens with zero attached hydrogens (tertiary/aromatic N) is 1. The largest absolute Gasteiger partial charge is 0.506 e. The van der Waals surface area contributed by atoms with E-state index in [0.717, 1.165) is 10.8 Å². The van der Waals surface area contributed by atoms with E-state index in [1.807, 2.05) is 36.4 Å². The fourth-order valence-electron chi connectivity index (χ4n) is 3.05. The molecule has 0 saturated heterocycles. The summed E-state index contributed by atoms with van der Waals surface area (Å²) in [6, 6.07) is 10.8. The molecule has 0 fully saturated rings. The average Bonchev–Trinajstić information content (AvgIpc) is 3.05. The highest BCUT2D eigenvalue weighted by molar-refractivity contribution is 6.05. The first kappa shape index (κ1) is 14.5. The number of phenols is 1. The molecule has 0 aromatic heterocycles. The van der Waals surface area contributed by atoms with Crippen molar-refractivity contribution in [3.63, 3.8) is 0 Å². The monoisotopic (exact) mass is 321 g/mol. The van der Waals surface area contributed by atoms with Crippen LogP contribution in [0.15, 0.2) is 65.2 Å². The lowest BCUT2D eigenvalue weighted by atomic mass is 9.97. The van der Waals surface area contributed by atoms with Gasteiger partial charge in [0.05, 0.1) is 18.2 Å². The molecule has 5 heteroatoms. The van der Waals surface area contributed by atoms with Crippen molar-refractivity contribution in [2.24, 2.45) is 4.99 Å². The molecule has 0 amide bonds. The maximum atomic E-state index is 11.9. The summed E-state index contributed by atoms with van der Waals surface area (Å²) in [6.45, 7) is 0. The molecule has 2 aromatic carbocycles. The Labute approximate surface area is 138 Å². The standard InChI is InChI=1S/C19H15NO4/c1-23-19(22)13-7-4-8-15-16(13)20-18(24-15)14-10-9-11-5-2-3-6-12(11)17(14)21/h2-10,15-16,21H,1H3. The smallest absolute Gasteiger partial charge is 0.336 e. The summed E-state index contributed by atoms with van der Waals surface area (Å²) >= 11 is 0. The lowest BCUT2D eigenvalue weighted by molar-refractivity contribution is -0.136. The molecule has 0 bridgehead atoms. The van der Waals surface area contributed by atoms with Gasteiger partial charge in [0.2, 0.25) is 5.90 Å². The second kappa shape index (κ2) is 5.53. The van der Waals surface area contributed by atoms with Gasteiger partial charge in [-0.05, 0) is 23.6 Å². The molecule has 0 saturated carbocycles. The van der Waals surface area contributed by atoms with Crippen LogP contribution in [0.4, 0.5) is 0 Å². The second-order valence-corrected chi connectivity index (χ2v) is 5.64. The van der Waals surface area contributed by atoms with Gasteiger partial charge in [-0.1, -0.05) is 36.4 Å². The molecular weight excluding hydrogens is 306 g/mol. The molecule has 2 aromatic rings. The second-order valence-electron chi connectivity index (χ2n) is 5.64. The lowest BCUT2D eigenvalue weighted by Gasteiger charge is -2.18. The van der Waals surface area contributed by atoms with Gasteiger partial charge in [0.1, 0.15) is 17.9 Å². The van der Waals surface area contributed by atoms with E-state index in [1.54, 1.807) is 18.2 Å². The van der Waals surface area contributed by atoms with Gasteiger partial charge in [0, 0.05) is 5.39 Å². The van der Waals surface area contributed by atoms with Crippen LogP contribution in [0.5, 0.6) is 5.75 Å². The van der Waals surface area contributed by atoms with Gasteiger partial charge < -0.3 is 14.6 Å². The minimum absolute atomic E-state index is 0.123. The fraction of sp³-hybridized carbons (Fsp3) is 0.158. The van der Waals surface area contributed by atoms with E-state index in [4.69, 9.17) is 9.47 Å². The van der Waals surface area contributed by atoms with E-state index in [-0.39, 0.29) is 11.9 Å². The Morgan fingerprint density at radius 1 is 1.25 bits per heavy atom. The van der Waals surface area contributed by atoms with Crippen molar-refractivity contribution >= 4 is 22.6 Å². The van der Waals surface area contributed by atoms with Crippen LogP contribution in [0.3, 0.4) is 0 Å². The van der Waals surface area contributed by atoms with E-state index in [2.05, 4.69) is 4.99 Å². The van der Waals surface area contributed by atoms with Gasteiger partial charge in [-0.25, -0.2) is 9.79 Å². The Kier molecular flexibility index (Phi) is 3.34. The van der Waals surface area contributed by atoms with Crippen molar-refractivity contribution < 1.29 is 19.4 Å². The number of aromatic hydroxyl groups is 1. The van der Waals surface area contributed by atoms with Crippen molar-refractivity contribution in [3.05, 3.63) is 65.8 Å². The fourth-order valence-corrected chi connectivity index (χ4v) is 3.05. The summed E-state index contributed by atoms with van der Waals surface area (Å²) in [6.07, 6.45) is 4.91. The van der Waals surface area contributed by atoms with Crippen LogP contribution in [0.25, 0.3) is 10.8 Å². The minimum atomic E-state index is -0.455. The van der Waals surface area contributed by atoms with Gasteiger partial charge in [-0.2, -0.15) is 0 Å². The van der Waals surface area contributed by atoms with Gasteiger partial charge in [0.25, 0.3) is 0 Å². The number of phenolic OH excluding ortho intramolecular Hbond substituents is 1. The van der Waals surface area contributed by atoms with Crippen LogP contribution in [-0.4, -0.2) is 36.2 Å². The molecule has 1 aliphatic carbocycles. The zero-order valence-corrected chi connectivity index (χ0v) is 13.0. The Morgan fingerprint density at radius 2 is 2.08 bits per heavy atom.